The molecule has 0 unspecified atom stereocenters. The average Bonchev–Trinajstić information content (AvgIpc) is 2.74. The number of amides is 2. The van der Waals surface area contributed by atoms with Gasteiger partial charge in [-0.2, -0.15) is 0 Å². The van der Waals surface area contributed by atoms with Crippen LogP contribution in [0.5, 0.6) is 0 Å². The van der Waals surface area contributed by atoms with E-state index in [1.165, 1.54) is 12.1 Å². The summed E-state index contributed by atoms with van der Waals surface area (Å²) < 4.78 is 18.0. The van der Waals surface area contributed by atoms with Crippen molar-refractivity contribution in [2.75, 3.05) is 46.4 Å². The Kier molecular flexibility index (Phi) is 7.39. The molecule has 2 aliphatic heterocycles. The number of hydrogen-bond donors (Lipinski definition) is 1. The first-order valence-electron chi connectivity index (χ1n) is 10.1. The van der Waals surface area contributed by atoms with E-state index in [2.05, 4.69) is 10.2 Å². The number of ether oxygens (including phenoxy) is 1. The molecule has 0 spiro atoms. The molecule has 1 N–H and O–H groups in total. The van der Waals surface area contributed by atoms with Crippen molar-refractivity contribution in [3.63, 3.8) is 0 Å². The number of carbonyl (C=O) groups is 2. The third kappa shape index (κ3) is 5.29. The van der Waals surface area contributed by atoms with Crippen LogP contribution in [0.3, 0.4) is 0 Å². The van der Waals surface area contributed by atoms with Gasteiger partial charge < -0.3 is 15.0 Å². The van der Waals surface area contributed by atoms with E-state index in [1.54, 1.807) is 19.2 Å². The van der Waals surface area contributed by atoms with Crippen LogP contribution in [0.2, 0.25) is 0 Å². The second-order valence-corrected chi connectivity index (χ2v) is 7.65. The minimum Gasteiger partial charge on any atom is -0.383 e. The number of nitrogens with zero attached hydrogens (tertiary/aromatic N) is 2. The van der Waals surface area contributed by atoms with Gasteiger partial charge in [0.25, 0.3) is 5.91 Å². The van der Waals surface area contributed by atoms with Crippen LogP contribution in [0, 0.1) is 11.7 Å². The highest BCUT2D eigenvalue weighted by Gasteiger charge is 2.32. The second-order valence-electron chi connectivity index (χ2n) is 7.65. The molecule has 3 rings (SSSR count). The molecule has 0 bridgehead atoms. The molecule has 1 aromatic carbocycles. The van der Waals surface area contributed by atoms with Gasteiger partial charge in [0.05, 0.1) is 12.5 Å². The molecule has 0 aliphatic carbocycles. The molecule has 2 heterocycles. The van der Waals surface area contributed by atoms with Gasteiger partial charge in [0.1, 0.15) is 5.82 Å². The zero-order valence-electron chi connectivity index (χ0n) is 16.5. The molecule has 0 radical (unpaired) electrons. The van der Waals surface area contributed by atoms with E-state index in [0.29, 0.717) is 37.8 Å². The third-order valence-electron chi connectivity index (χ3n) is 5.79. The van der Waals surface area contributed by atoms with Gasteiger partial charge in [0.15, 0.2) is 0 Å². The maximum atomic E-state index is 13.1. The SMILES string of the molecule is COCCNC(=O)[C@@H]1CCCN(C2CCN(C(=O)c3ccc(F)cc3)CC2)C1. The molecule has 2 saturated heterocycles. The van der Waals surface area contributed by atoms with Crippen LogP contribution < -0.4 is 5.32 Å². The van der Waals surface area contributed by atoms with Gasteiger partial charge in [-0.3, -0.25) is 14.5 Å². The number of methoxy groups -OCH3 is 1. The summed E-state index contributed by atoms with van der Waals surface area (Å²) in [6, 6.07) is 6.14. The Labute approximate surface area is 166 Å². The summed E-state index contributed by atoms with van der Waals surface area (Å²) in [4.78, 5) is 29.2. The molecule has 6 nitrogen and oxygen atoms in total. The molecular weight excluding hydrogens is 361 g/mol. The molecule has 0 aromatic heterocycles. The molecule has 2 fully saturated rings. The maximum absolute atomic E-state index is 13.1. The predicted octanol–water partition coefficient (Wildman–Crippen LogP) is 1.90. The van der Waals surface area contributed by atoms with Gasteiger partial charge in [0.2, 0.25) is 5.91 Å². The summed E-state index contributed by atoms with van der Waals surface area (Å²) in [7, 11) is 1.63. The molecule has 7 heteroatoms. The monoisotopic (exact) mass is 391 g/mol. The number of rotatable bonds is 6. The van der Waals surface area contributed by atoms with E-state index in [4.69, 9.17) is 4.74 Å². The smallest absolute Gasteiger partial charge is 0.253 e. The normalized spacial score (nSPS) is 21.5. The molecule has 1 atom stereocenters. The van der Waals surface area contributed by atoms with Crippen LogP contribution in [0.25, 0.3) is 0 Å². The number of halogens is 1. The fraction of sp³-hybridized carbons (Fsp3) is 0.619. The Morgan fingerprint density at radius 3 is 2.54 bits per heavy atom. The van der Waals surface area contributed by atoms with Gasteiger partial charge >= 0.3 is 0 Å². The highest BCUT2D eigenvalue weighted by atomic mass is 19.1. The quantitative estimate of drug-likeness (QED) is 0.753. The van der Waals surface area contributed by atoms with E-state index >= 15 is 0 Å². The Morgan fingerprint density at radius 2 is 1.86 bits per heavy atom. The fourth-order valence-corrected chi connectivity index (χ4v) is 4.18. The number of carbonyl (C=O) groups excluding carboxylic acids is 2. The largest absolute Gasteiger partial charge is 0.383 e. The molecule has 1 aromatic rings. The Morgan fingerprint density at radius 1 is 1.14 bits per heavy atom. The van der Waals surface area contributed by atoms with Crippen molar-refractivity contribution in [1.82, 2.24) is 15.1 Å². The summed E-state index contributed by atoms with van der Waals surface area (Å²) in [5, 5.41) is 2.95. The lowest BCUT2D eigenvalue weighted by molar-refractivity contribution is -0.127. The Balaban J connectivity index is 1.48. The zero-order chi connectivity index (χ0) is 19.9. The van der Waals surface area contributed by atoms with Crippen molar-refractivity contribution in [2.24, 2.45) is 5.92 Å². The van der Waals surface area contributed by atoms with Gasteiger partial charge in [0, 0.05) is 44.9 Å². The van der Waals surface area contributed by atoms with Crippen molar-refractivity contribution < 1.29 is 18.7 Å². The van der Waals surface area contributed by atoms with Crippen molar-refractivity contribution in [3.8, 4) is 0 Å². The van der Waals surface area contributed by atoms with Gasteiger partial charge in [-0.1, -0.05) is 0 Å². The summed E-state index contributed by atoms with van der Waals surface area (Å²) in [6.45, 7) is 4.27. The first-order valence-corrected chi connectivity index (χ1v) is 10.1. The van der Waals surface area contributed by atoms with E-state index < -0.39 is 0 Å². The molecule has 154 valence electrons. The molecule has 2 amide bonds. The number of hydrogen-bond acceptors (Lipinski definition) is 4. The highest BCUT2D eigenvalue weighted by molar-refractivity contribution is 5.94. The number of piperidine rings is 2. The third-order valence-corrected chi connectivity index (χ3v) is 5.79. The van der Waals surface area contributed by atoms with Gasteiger partial charge in [-0.15, -0.1) is 0 Å². The summed E-state index contributed by atoms with van der Waals surface area (Å²) in [5.74, 6) is -0.219. The predicted molar refractivity (Wildman–Crippen MR) is 105 cm³/mol. The number of benzene rings is 1. The number of likely N-dealkylation sites (tertiary alicyclic amines) is 2. The Hall–Kier alpha value is -1.99. The van der Waals surface area contributed by atoms with Crippen molar-refractivity contribution >= 4 is 11.8 Å². The molecular formula is C21H30FN3O3. The van der Waals surface area contributed by atoms with E-state index in [9.17, 15) is 14.0 Å². The van der Waals surface area contributed by atoms with Crippen LogP contribution >= 0.6 is 0 Å². The minimum atomic E-state index is -0.332. The van der Waals surface area contributed by atoms with E-state index in [-0.39, 0.29) is 23.5 Å². The second kappa shape index (κ2) is 9.98. The Bertz CT molecular complexity index is 659. The summed E-state index contributed by atoms with van der Waals surface area (Å²) in [6.07, 6.45) is 3.77. The number of nitrogens with one attached hydrogen (secondary N) is 1. The minimum absolute atomic E-state index is 0.0319. The van der Waals surface area contributed by atoms with Crippen LogP contribution in [0.15, 0.2) is 24.3 Å². The maximum Gasteiger partial charge on any atom is 0.253 e. The zero-order valence-corrected chi connectivity index (χ0v) is 16.5. The first kappa shape index (κ1) is 20.7. The molecule has 28 heavy (non-hydrogen) atoms. The van der Waals surface area contributed by atoms with E-state index in [1.807, 2.05) is 4.90 Å². The van der Waals surface area contributed by atoms with Crippen molar-refractivity contribution in [1.29, 1.82) is 0 Å². The van der Waals surface area contributed by atoms with Gasteiger partial charge in [-0.25, -0.2) is 4.39 Å². The first-order chi connectivity index (χ1) is 13.6. The van der Waals surface area contributed by atoms with Gasteiger partial charge in [-0.05, 0) is 56.5 Å². The summed E-state index contributed by atoms with van der Waals surface area (Å²) in [5.41, 5.74) is 0.533. The van der Waals surface area contributed by atoms with E-state index in [0.717, 1.165) is 38.8 Å². The summed E-state index contributed by atoms with van der Waals surface area (Å²) >= 11 is 0. The van der Waals surface area contributed by atoms with Crippen molar-refractivity contribution in [3.05, 3.63) is 35.6 Å². The van der Waals surface area contributed by atoms with Crippen molar-refractivity contribution in [2.45, 2.75) is 31.7 Å². The van der Waals surface area contributed by atoms with Crippen LogP contribution in [-0.2, 0) is 9.53 Å². The molecule has 2 aliphatic rings. The standard InChI is InChI=1S/C21H30FN3O3/c1-28-14-10-23-20(26)17-3-2-11-25(15-17)19-8-12-24(13-9-19)21(27)16-4-6-18(22)7-5-16/h4-7,17,19H,2-3,8-15H2,1H3,(H,23,26)/t17-/m1/s1. The van der Waals surface area contributed by atoms with Crippen LogP contribution in [0.1, 0.15) is 36.0 Å². The lowest BCUT2D eigenvalue weighted by Gasteiger charge is -2.42. The van der Waals surface area contributed by atoms with Crippen LogP contribution in [-0.4, -0.2) is 74.1 Å². The lowest BCUT2D eigenvalue weighted by Crippen LogP contribution is -2.51. The molecule has 0 saturated carbocycles. The topological polar surface area (TPSA) is 61.9 Å². The fourth-order valence-electron chi connectivity index (χ4n) is 4.18. The average molecular weight is 391 g/mol. The highest BCUT2D eigenvalue weighted by Crippen LogP contribution is 2.24. The van der Waals surface area contributed by atoms with Crippen LogP contribution in [0.4, 0.5) is 4.39 Å². The lowest BCUT2D eigenvalue weighted by atomic mass is 9.93.